The molecular weight excluding hydrogens is 210 g/mol. The van der Waals surface area contributed by atoms with Crippen molar-refractivity contribution in [1.82, 2.24) is 5.32 Å². The van der Waals surface area contributed by atoms with Crippen LogP contribution in [0.2, 0.25) is 0 Å². The van der Waals surface area contributed by atoms with Crippen molar-refractivity contribution in [2.24, 2.45) is 11.8 Å². The van der Waals surface area contributed by atoms with Gasteiger partial charge in [0.05, 0.1) is 6.10 Å². The van der Waals surface area contributed by atoms with Crippen molar-refractivity contribution in [3.8, 4) is 0 Å². The Hall–Kier alpha value is -0.0800. The highest BCUT2D eigenvalue weighted by Gasteiger charge is 2.37. The van der Waals surface area contributed by atoms with Gasteiger partial charge in [0.15, 0.2) is 0 Å². The maximum Gasteiger partial charge on any atom is 0.0755 e. The minimum absolute atomic E-state index is 0.479. The van der Waals surface area contributed by atoms with Crippen molar-refractivity contribution in [2.45, 2.75) is 70.4 Å². The van der Waals surface area contributed by atoms with E-state index in [0.717, 1.165) is 18.4 Å². The van der Waals surface area contributed by atoms with Gasteiger partial charge < -0.3 is 10.1 Å². The Bertz CT molecular complexity index is 209. The second kappa shape index (κ2) is 6.75. The lowest BCUT2D eigenvalue weighted by molar-refractivity contribution is 0.0132. The number of hydrogen-bond donors (Lipinski definition) is 1. The van der Waals surface area contributed by atoms with Gasteiger partial charge in [-0.25, -0.2) is 0 Å². The number of likely N-dealkylation sites (N-methyl/N-ethyl adjacent to an activating group) is 1. The molecule has 0 aromatic heterocycles. The van der Waals surface area contributed by atoms with Crippen molar-refractivity contribution < 1.29 is 4.74 Å². The lowest BCUT2D eigenvalue weighted by atomic mass is 9.83. The third kappa shape index (κ3) is 3.96. The van der Waals surface area contributed by atoms with Gasteiger partial charge in [-0.2, -0.15) is 0 Å². The third-order valence-corrected chi connectivity index (χ3v) is 4.53. The smallest absolute Gasteiger partial charge is 0.0755 e. The van der Waals surface area contributed by atoms with Crippen molar-refractivity contribution in [3.63, 3.8) is 0 Å². The predicted molar refractivity (Wildman–Crippen MR) is 72.2 cm³/mol. The van der Waals surface area contributed by atoms with E-state index in [4.69, 9.17) is 4.74 Å². The van der Waals surface area contributed by atoms with Crippen LogP contribution in [0.15, 0.2) is 0 Å². The topological polar surface area (TPSA) is 21.3 Å². The highest BCUT2D eigenvalue weighted by molar-refractivity contribution is 4.91. The standard InChI is InChI=1S/C15H29NO/c1-3-17-15(13-9-10-13)14(16-2)11-12-7-5-4-6-8-12/h12-16H,3-11H2,1-2H3. The van der Waals surface area contributed by atoms with Crippen molar-refractivity contribution >= 4 is 0 Å². The summed E-state index contributed by atoms with van der Waals surface area (Å²) >= 11 is 0. The number of nitrogens with one attached hydrogen (secondary N) is 1. The minimum atomic E-state index is 0.479. The first-order chi connectivity index (χ1) is 8.35. The second-order valence-electron chi connectivity index (χ2n) is 5.89. The average molecular weight is 239 g/mol. The highest BCUT2D eigenvalue weighted by Crippen LogP contribution is 2.38. The summed E-state index contributed by atoms with van der Waals surface area (Å²) < 4.78 is 6.00. The molecule has 2 atom stereocenters. The summed E-state index contributed by atoms with van der Waals surface area (Å²) in [5.41, 5.74) is 0. The molecule has 2 nitrogen and oxygen atoms in total. The van der Waals surface area contributed by atoms with Crippen LogP contribution in [0.4, 0.5) is 0 Å². The van der Waals surface area contributed by atoms with Gasteiger partial charge in [0.25, 0.3) is 0 Å². The second-order valence-corrected chi connectivity index (χ2v) is 5.89. The fraction of sp³-hybridized carbons (Fsp3) is 1.00. The largest absolute Gasteiger partial charge is 0.377 e. The van der Waals surface area contributed by atoms with Gasteiger partial charge in [-0.1, -0.05) is 32.1 Å². The van der Waals surface area contributed by atoms with E-state index >= 15 is 0 Å². The van der Waals surface area contributed by atoms with Gasteiger partial charge in [0.1, 0.15) is 0 Å². The molecule has 2 heteroatoms. The molecule has 100 valence electrons. The Morgan fingerprint density at radius 1 is 1.12 bits per heavy atom. The summed E-state index contributed by atoms with van der Waals surface area (Å²) in [6.07, 6.45) is 11.8. The molecule has 0 aromatic carbocycles. The van der Waals surface area contributed by atoms with Gasteiger partial charge in [-0.05, 0) is 45.1 Å². The van der Waals surface area contributed by atoms with Crippen LogP contribution in [0.25, 0.3) is 0 Å². The molecule has 2 aliphatic carbocycles. The zero-order valence-corrected chi connectivity index (χ0v) is 11.6. The summed E-state index contributed by atoms with van der Waals surface area (Å²) in [6, 6.07) is 0.588. The van der Waals surface area contributed by atoms with E-state index in [1.807, 2.05) is 0 Å². The minimum Gasteiger partial charge on any atom is -0.377 e. The van der Waals surface area contributed by atoms with Crippen molar-refractivity contribution in [3.05, 3.63) is 0 Å². The van der Waals surface area contributed by atoms with Crippen molar-refractivity contribution in [2.75, 3.05) is 13.7 Å². The molecule has 0 heterocycles. The van der Waals surface area contributed by atoms with Crippen molar-refractivity contribution in [1.29, 1.82) is 0 Å². The van der Waals surface area contributed by atoms with E-state index in [1.54, 1.807) is 0 Å². The zero-order chi connectivity index (χ0) is 12.1. The molecule has 0 saturated heterocycles. The summed E-state index contributed by atoms with van der Waals surface area (Å²) in [5, 5.41) is 3.53. The molecule has 17 heavy (non-hydrogen) atoms. The van der Waals surface area contributed by atoms with E-state index in [1.165, 1.54) is 51.4 Å². The summed E-state index contributed by atoms with van der Waals surface area (Å²) in [7, 11) is 2.11. The van der Waals surface area contributed by atoms with Gasteiger partial charge in [0, 0.05) is 12.6 Å². The van der Waals surface area contributed by atoms with Crippen LogP contribution >= 0.6 is 0 Å². The summed E-state index contributed by atoms with van der Waals surface area (Å²) in [5.74, 6) is 1.79. The fourth-order valence-corrected chi connectivity index (χ4v) is 3.40. The van der Waals surface area contributed by atoms with Crippen LogP contribution in [-0.4, -0.2) is 25.8 Å². The van der Waals surface area contributed by atoms with Gasteiger partial charge >= 0.3 is 0 Å². The number of ether oxygens (including phenoxy) is 1. The van der Waals surface area contributed by atoms with Crippen LogP contribution in [0.5, 0.6) is 0 Å². The van der Waals surface area contributed by atoms with E-state index in [2.05, 4.69) is 19.3 Å². The third-order valence-electron chi connectivity index (χ3n) is 4.53. The molecule has 2 aliphatic rings. The maximum absolute atomic E-state index is 6.00. The molecule has 2 rings (SSSR count). The average Bonchev–Trinajstić information content (AvgIpc) is 3.19. The molecule has 0 radical (unpaired) electrons. The first-order valence-electron chi connectivity index (χ1n) is 7.64. The fourth-order valence-electron chi connectivity index (χ4n) is 3.40. The SMILES string of the molecule is CCOC(C1CC1)C(CC1CCCCC1)NC. The lowest BCUT2D eigenvalue weighted by Crippen LogP contribution is -2.42. The van der Waals surface area contributed by atoms with Crippen LogP contribution in [0, 0.1) is 11.8 Å². The van der Waals surface area contributed by atoms with Crippen LogP contribution in [-0.2, 0) is 4.74 Å². The molecule has 0 bridgehead atoms. The Labute approximate surface area is 107 Å². The van der Waals surface area contributed by atoms with E-state index in [-0.39, 0.29) is 0 Å². The monoisotopic (exact) mass is 239 g/mol. The molecule has 2 saturated carbocycles. The Kier molecular flexibility index (Phi) is 5.30. The van der Waals surface area contributed by atoms with Gasteiger partial charge in [-0.3, -0.25) is 0 Å². The first-order valence-corrected chi connectivity index (χ1v) is 7.64. The van der Waals surface area contributed by atoms with E-state index in [9.17, 15) is 0 Å². The Morgan fingerprint density at radius 2 is 1.82 bits per heavy atom. The van der Waals surface area contributed by atoms with Gasteiger partial charge in [0.2, 0.25) is 0 Å². The Balaban J connectivity index is 1.84. The predicted octanol–water partition coefficient (Wildman–Crippen LogP) is 3.36. The molecule has 1 N–H and O–H groups in total. The van der Waals surface area contributed by atoms with Gasteiger partial charge in [-0.15, -0.1) is 0 Å². The van der Waals surface area contributed by atoms with E-state index in [0.29, 0.717) is 12.1 Å². The van der Waals surface area contributed by atoms with Crippen LogP contribution < -0.4 is 5.32 Å². The molecule has 2 unspecified atom stereocenters. The Morgan fingerprint density at radius 3 is 2.35 bits per heavy atom. The summed E-state index contributed by atoms with van der Waals surface area (Å²) in [6.45, 7) is 2.99. The molecule has 2 fully saturated rings. The summed E-state index contributed by atoms with van der Waals surface area (Å²) in [4.78, 5) is 0. The molecule has 0 amide bonds. The number of hydrogen-bond acceptors (Lipinski definition) is 2. The van der Waals surface area contributed by atoms with Crippen LogP contribution in [0.1, 0.15) is 58.3 Å². The quantitative estimate of drug-likeness (QED) is 0.735. The molecular formula is C15H29NO. The molecule has 0 aromatic rings. The molecule has 0 aliphatic heterocycles. The zero-order valence-electron chi connectivity index (χ0n) is 11.6. The maximum atomic E-state index is 6.00. The lowest BCUT2D eigenvalue weighted by Gasteiger charge is -2.31. The number of rotatable bonds is 7. The van der Waals surface area contributed by atoms with Crippen LogP contribution in [0.3, 0.4) is 0 Å². The molecule has 0 spiro atoms. The van der Waals surface area contributed by atoms with E-state index < -0.39 is 0 Å². The highest BCUT2D eigenvalue weighted by atomic mass is 16.5. The first kappa shape index (κ1) is 13.4. The normalized spacial score (nSPS) is 25.8.